The highest BCUT2D eigenvalue weighted by Crippen LogP contribution is 2.43. The fourth-order valence-electron chi connectivity index (χ4n) is 3.49. The number of benzene rings is 1. The number of amides is 2. The van der Waals surface area contributed by atoms with Gasteiger partial charge < -0.3 is 15.6 Å². The number of likely N-dealkylation sites (tertiary alicyclic amines) is 1. The van der Waals surface area contributed by atoms with E-state index < -0.39 is 27.7 Å². The number of hydrogen-bond acceptors (Lipinski definition) is 4. The van der Waals surface area contributed by atoms with Crippen molar-refractivity contribution >= 4 is 12.0 Å². The van der Waals surface area contributed by atoms with Gasteiger partial charge in [0, 0.05) is 12.8 Å². The van der Waals surface area contributed by atoms with Crippen LogP contribution in [0.3, 0.4) is 0 Å². The average molecular weight is 321 g/mol. The standard InChI is InChI=1S/C17H24N2O4/c1-16(2,3)19(11-7-10-17(19,22)14(18)20)15(21)23-12-13-8-5-4-6-9-13/h4-6,8-9,22H,7,10-12H2,1-3H3,(H-,18,20)/p+1/t17-,19?/m1/s1. The molecule has 6 nitrogen and oxygen atoms in total. The molecule has 1 aromatic carbocycles. The molecule has 0 radical (unpaired) electrons. The van der Waals surface area contributed by atoms with Crippen molar-refractivity contribution in [3.05, 3.63) is 35.9 Å². The summed E-state index contributed by atoms with van der Waals surface area (Å²) in [6.45, 7) is 5.81. The zero-order valence-corrected chi connectivity index (χ0v) is 13.9. The third kappa shape index (κ3) is 2.72. The molecule has 0 aromatic heterocycles. The SMILES string of the molecule is CC(C)(C)[N+]1(C(=O)OCc2ccccc2)CCC[C@@]1(O)C(N)=O. The molecule has 1 saturated heterocycles. The van der Waals surface area contributed by atoms with Crippen molar-refractivity contribution in [2.45, 2.75) is 51.5 Å². The highest BCUT2D eigenvalue weighted by atomic mass is 16.6. The summed E-state index contributed by atoms with van der Waals surface area (Å²) in [7, 11) is 0. The molecule has 3 N–H and O–H groups in total. The van der Waals surface area contributed by atoms with E-state index in [0.717, 1.165) is 5.56 Å². The minimum absolute atomic E-state index is 0.0879. The Morgan fingerprint density at radius 3 is 2.43 bits per heavy atom. The van der Waals surface area contributed by atoms with E-state index in [-0.39, 0.29) is 13.0 Å². The number of aliphatic hydroxyl groups is 1. The van der Waals surface area contributed by atoms with Gasteiger partial charge in [-0.1, -0.05) is 30.3 Å². The van der Waals surface area contributed by atoms with E-state index in [1.807, 2.05) is 30.3 Å². The van der Waals surface area contributed by atoms with Crippen molar-refractivity contribution in [1.29, 1.82) is 0 Å². The van der Waals surface area contributed by atoms with Crippen molar-refractivity contribution in [3.63, 3.8) is 0 Å². The lowest BCUT2D eigenvalue weighted by atomic mass is 9.97. The molecule has 1 aliphatic rings. The van der Waals surface area contributed by atoms with Gasteiger partial charge in [0.15, 0.2) is 0 Å². The van der Waals surface area contributed by atoms with Gasteiger partial charge in [-0.3, -0.25) is 4.79 Å². The Bertz CT molecular complexity index is 596. The first-order valence-electron chi connectivity index (χ1n) is 7.77. The lowest BCUT2D eigenvalue weighted by molar-refractivity contribution is -0.951. The Balaban J connectivity index is 2.32. The van der Waals surface area contributed by atoms with E-state index >= 15 is 0 Å². The van der Waals surface area contributed by atoms with Gasteiger partial charge in [0.2, 0.25) is 0 Å². The molecular weight excluding hydrogens is 296 g/mol. The van der Waals surface area contributed by atoms with Crippen LogP contribution in [0.5, 0.6) is 0 Å². The number of quaternary nitrogens is 1. The monoisotopic (exact) mass is 321 g/mol. The predicted molar refractivity (Wildman–Crippen MR) is 84.9 cm³/mol. The average Bonchev–Trinajstić information content (AvgIpc) is 2.85. The smallest absolute Gasteiger partial charge is 0.415 e. The second-order valence-corrected chi connectivity index (χ2v) is 7.03. The minimum Gasteiger partial charge on any atom is -0.415 e. The maximum Gasteiger partial charge on any atom is 0.519 e. The highest BCUT2D eigenvalue weighted by molar-refractivity contribution is 5.84. The molecule has 0 aliphatic carbocycles. The van der Waals surface area contributed by atoms with Crippen molar-refractivity contribution in [2.24, 2.45) is 5.73 Å². The second-order valence-electron chi connectivity index (χ2n) is 7.03. The van der Waals surface area contributed by atoms with Crippen LogP contribution < -0.4 is 5.73 Å². The van der Waals surface area contributed by atoms with Crippen LogP contribution in [0.4, 0.5) is 4.79 Å². The molecule has 0 saturated carbocycles. The lowest BCUT2D eigenvalue weighted by Gasteiger charge is -2.48. The molecular formula is C17H25N2O4+. The number of hydrogen-bond donors (Lipinski definition) is 2. The Hall–Kier alpha value is -1.92. The largest absolute Gasteiger partial charge is 0.519 e. The van der Waals surface area contributed by atoms with Gasteiger partial charge in [-0.05, 0) is 26.3 Å². The normalized spacial score (nSPS) is 27.7. The molecule has 1 unspecified atom stereocenters. The first-order valence-corrected chi connectivity index (χ1v) is 7.77. The highest BCUT2D eigenvalue weighted by Gasteiger charge is 2.69. The van der Waals surface area contributed by atoms with Gasteiger partial charge in [-0.2, -0.15) is 9.28 Å². The Kier molecular flexibility index (Phi) is 4.50. The summed E-state index contributed by atoms with van der Waals surface area (Å²) in [4.78, 5) is 24.8. The van der Waals surface area contributed by atoms with E-state index in [1.165, 1.54) is 0 Å². The number of primary amides is 1. The fraction of sp³-hybridized carbons (Fsp3) is 0.529. The molecule has 23 heavy (non-hydrogen) atoms. The third-order valence-corrected chi connectivity index (χ3v) is 4.71. The van der Waals surface area contributed by atoms with Crippen molar-refractivity contribution in [3.8, 4) is 0 Å². The van der Waals surface area contributed by atoms with E-state index in [4.69, 9.17) is 10.5 Å². The molecule has 2 atom stereocenters. The number of nitrogens with two attached hydrogens (primary N) is 1. The number of carbonyl (C=O) groups is 2. The first-order chi connectivity index (χ1) is 10.6. The van der Waals surface area contributed by atoms with Gasteiger partial charge in [0.1, 0.15) is 12.1 Å². The summed E-state index contributed by atoms with van der Waals surface area (Å²) in [5, 5.41) is 10.9. The quantitative estimate of drug-likeness (QED) is 0.832. The predicted octanol–water partition coefficient (Wildman–Crippen LogP) is 1.91. The molecule has 126 valence electrons. The van der Waals surface area contributed by atoms with Crippen molar-refractivity contribution in [1.82, 2.24) is 0 Å². The van der Waals surface area contributed by atoms with E-state index in [9.17, 15) is 14.7 Å². The molecule has 1 aliphatic heterocycles. The zero-order chi connectivity index (χ0) is 17.3. The van der Waals surface area contributed by atoms with E-state index in [1.54, 1.807) is 20.8 Å². The van der Waals surface area contributed by atoms with Crippen molar-refractivity contribution < 1.29 is 23.9 Å². The maximum atomic E-state index is 12.9. The van der Waals surface area contributed by atoms with Gasteiger partial charge >= 0.3 is 12.0 Å². The maximum absolute atomic E-state index is 12.9. The second kappa shape index (κ2) is 5.94. The Morgan fingerprint density at radius 2 is 1.91 bits per heavy atom. The van der Waals surface area contributed by atoms with Gasteiger partial charge in [0.25, 0.3) is 5.72 Å². The van der Waals surface area contributed by atoms with Crippen LogP contribution in [0.1, 0.15) is 39.2 Å². The number of ether oxygens (including phenoxy) is 1. The van der Waals surface area contributed by atoms with Gasteiger partial charge in [0.05, 0.1) is 6.54 Å². The number of carbonyl (C=O) groups excluding carboxylic acids is 2. The summed E-state index contributed by atoms with van der Waals surface area (Å²) in [5.41, 5.74) is 3.61. The molecule has 1 aromatic rings. The summed E-state index contributed by atoms with van der Waals surface area (Å²) in [6, 6.07) is 9.28. The van der Waals surface area contributed by atoms with Crippen LogP contribution >= 0.6 is 0 Å². The zero-order valence-electron chi connectivity index (χ0n) is 13.9. The minimum atomic E-state index is -1.94. The molecule has 2 amide bonds. The van der Waals surface area contributed by atoms with Gasteiger partial charge in [-0.15, -0.1) is 0 Å². The summed E-state index contributed by atoms with van der Waals surface area (Å²) >= 11 is 0. The number of nitrogens with zero attached hydrogens (tertiary/aromatic N) is 1. The van der Waals surface area contributed by atoms with Crippen LogP contribution in [0.2, 0.25) is 0 Å². The van der Waals surface area contributed by atoms with E-state index in [2.05, 4.69) is 0 Å². The summed E-state index contributed by atoms with van der Waals surface area (Å²) in [6.07, 6.45) is 0.0529. The lowest BCUT2D eigenvalue weighted by Crippen LogP contribution is -2.75. The molecule has 2 rings (SSSR count). The van der Waals surface area contributed by atoms with Crippen LogP contribution in [0, 0.1) is 0 Å². The Morgan fingerprint density at radius 1 is 1.30 bits per heavy atom. The van der Waals surface area contributed by atoms with Crippen molar-refractivity contribution in [2.75, 3.05) is 6.54 Å². The van der Waals surface area contributed by atoms with Gasteiger partial charge in [-0.25, -0.2) is 0 Å². The fourth-order valence-corrected chi connectivity index (χ4v) is 3.49. The number of rotatable bonds is 3. The van der Waals surface area contributed by atoms with Crippen LogP contribution in [0.15, 0.2) is 30.3 Å². The molecule has 0 spiro atoms. The first kappa shape index (κ1) is 17.4. The topological polar surface area (TPSA) is 89.6 Å². The van der Waals surface area contributed by atoms with Crippen LogP contribution in [-0.2, 0) is 16.1 Å². The summed E-state index contributed by atoms with van der Waals surface area (Å²) in [5.74, 6) is -0.887. The van der Waals surface area contributed by atoms with Crippen LogP contribution in [-0.4, -0.2) is 39.4 Å². The molecule has 6 heteroatoms. The molecule has 0 bridgehead atoms. The van der Waals surface area contributed by atoms with Crippen LogP contribution in [0.25, 0.3) is 0 Å². The molecule has 1 fully saturated rings. The third-order valence-electron chi connectivity index (χ3n) is 4.71. The molecule has 1 heterocycles. The summed E-state index contributed by atoms with van der Waals surface area (Å²) < 4.78 is 4.96. The van der Waals surface area contributed by atoms with E-state index in [0.29, 0.717) is 13.0 Å². The Labute approximate surface area is 136 Å².